The molecule has 0 spiro atoms. The van der Waals surface area contributed by atoms with Crippen LogP contribution in [-0.4, -0.2) is 23.6 Å². The minimum Gasteiger partial charge on any atom is -0.480 e. The molecule has 0 fully saturated rings. The molecule has 0 radical (unpaired) electrons. The molecule has 2 aromatic carbocycles. The second-order valence-electron chi connectivity index (χ2n) is 5.13. The van der Waals surface area contributed by atoms with E-state index in [4.69, 9.17) is 9.84 Å². The number of rotatable bonds is 6. The summed E-state index contributed by atoms with van der Waals surface area (Å²) < 4.78 is 19.0. The molecule has 0 heterocycles. The number of carboxylic acids is 1. The maximum atomic E-state index is 12.9. The maximum absolute atomic E-state index is 12.9. The van der Waals surface area contributed by atoms with Gasteiger partial charge in [0.15, 0.2) is 6.61 Å². The van der Waals surface area contributed by atoms with Gasteiger partial charge in [-0.05, 0) is 79.9 Å². The predicted molar refractivity (Wildman–Crippen MR) is 104 cm³/mol. The maximum Gasteiger partial charge on any atom is 0.341 e. The summed E-state index contributed by atoms with van der Waals surface area (Å²) in [4.78, 5) is 22.9. The minimum absolute atomic E-state index is 0.169. The SMILES string of the molecule is N#C/C(=C\c1cc(Br)c(OCC(=O)O)c(Br)c1)C(=O)Nc1ccc(F)cc1. The zero-order valence-electron chi connectivity index (χ0n) is 13.5. The number of amides is 1. The van der Waals surface area contributed by atoms with Gasteiger partial charge in [-0.3, -0.25) is 4.79 Å². The Morgan fingerprint density at radius 2 is 1.81 bits per heavy atom. The first-order valence-electron chi connectivity index (χ1n) is 7.32. The van der Waals surface area contributed by atoms with E-state index in [1.807, 2.05) is 6.07 Å². The number of nitrogens with one attached hydrogen (secondary N) is 1. The van der Waals surface area contributed by atoms with Gasteiger partial charge in [-0.1, -0.05) is 0 Å². The van der Waals surface area contributed by atoms with E-state index < -0.39 is 24.3 Å². The highest BCUT2D eigenvalue weighted by molar-refractivity contribution is 9.11. The monoisotopic (exact) mass is 496 g/mol. The lowest BCUT2D eigenvalue weighted by Crippen LogP contribution is -2.13. The van der Waals surface area contributed by atoms with E-state index in [9.17, 15) is 19.2 Å². The second kappa shape index (κ2) is 9.30. The molecule has 2 N–H and O–H groups in total. The molecule has 0 saturated heterocycles. The number of anilines is 1. The number of carbonyl (C=O) groups excluding carboxylic acids is 1. The van der Waals surface area contributed by atoms with Gasteiger partial charge in [0.1, 0.15) is 23.2 Å². The molecule has 6 nitrogen and oxygen atoms in total. The van der Waals surface area contributed by atoms with Gasteiger partial charge in [-0.15, -0.1) is 0 Å². The zero-order valence-corrected chi connectivity index (χ0v) is 16.7. The number of carbonyl (C=O) groups is 2. The second-order valence-corrected chi connectivity index (χ2v) is 6.84. The van der Waals surface area contributed by atoms with Gasteiger partial charge in [-0.25, -0.2) is 9.18 Å². The summed E-state index contributed by atoms with van der Waals surface area (Å²) in [5.74, 6) is -1.93. The fourth-order valence-corrected chi connectivity index (χ4v) is 3.43. The average Bonchev–Trinajstić information content (AvgIpc) is 2.60. The molecule has 2 aromatic rings. The lowest BCUT2D eigenvalue weighted by Gasteiger charge is -2.10. The standard InChI is InChI=1S/C18H11Br2FN2O4/c19-14-6-10(7-15(20)17(14)27-9-16(24)25)5-11(8-22)18(26)23-13-3-1-12(21)2-4-13/h1-7H,9H2,(H,23,26)(H,24,25)/b11-5+. The highest BCUT2D eigenvalue weighted by atomic mass is 79.9. The Labute approximate surface area is 170 Å². The summed E-state index contributed by atoms with van der Waals surface area (Å²) >= 11 is 6.52. The zero-order chi connectivity index (χ0) is 20.0. The van der Waals surface area contributed by atoms with Crippen molar-refractivity contribution in [1.82, 2.24) is 0 Å². The quantitative estimate of drug-likeness (QED) is 0.456. The van der Waals surface area contributed by atoms with Gasteiger partial charge in [0.25, 0.3) is 5.91 Å². The van der Waals surface area contributed by atoms with Crippen LogP contribution in [0.25, 0.3) is 6.08 Å². The number of halogens is 3. The molecule has 0 unspecified atom stereocenters. The van der Waals surface area contributed by atoms with Crippen LogP contribution in [0.15, 0.2) is 50.9 Å². The molecule has 0 bridgehead atoms. The Kier molecular flexibility index (Phi) is 7.10. The van der Waals surface area contributed by atoms with Crippen LogP contribution in [-0.2, 0) is 9.59 Å². The van der Waals surface area contributed by atoms with Crippen LogP contribution in [0.2, 0.25) is 0 Å². The van der Waals surface area contributed by atoms with Gasteiger partial charge in [-0.2, -0.15) is 5.26 Å². The van der Waals surface area contributed by atoms with Gasteiger partial charge in [0, 0.05) is 5.69 Å². The van der Waals surface area contributed by atoms with E-state index in [0.29, 0.717) is 20.2 Å². The number of ether oxygens (including phenoxy) is 1. The highest BCUT2D eigenvalue weighted by Crippen LogP contribution is 2.35. The Bertz CT molecular complexity index is 930. The lowest BCUT2D eigenvalue weighted by atomic mass is 10.1. The van der Waals surface area contributed by atoms with Crippen molar-refractivity contribution in [3.8, 4) is 11.8 Å². The third-order valence-electron chi connectivity index (χ3n) is 3.14. The fraction of sp³-hybridized carbons (Fsp3) is 0.0556. The van der Waals surface area contributed by atoms with Crippen molar-refractivity contribution in [2.75, 3.05) is 11.9 Å². The molecule has 138 valence electrons. The van der Waals surface area contributed by atoms with Crippen LogP contribution in [0.5, 0.6) is 5.75 Å². The Morgan fingerprint density at radius 3 is 2.33 bits per heavy atom. The van der Waals surface area contributed by atoms with Crippen molar-refractivity contribution in [3.05, 3.63) is 62.3 Å². The van der Waals surface area contributed by atoms with Crippen molar-refractivity contribution in [3.63, 3.8) is 0 Å². The van der Waals surface area contributed by atoms with E-state index in [2.05, 4.69) is 37.2 Å². The summed E-state index contributed by atoms with van der Waals surface area (Å²) in [5.41, 5.74) is 0.682. The van der Waals surface area contributed by atoms with Gasteiger partial charge in [0.2, 0.25) is 0 Å². The lowest BCUT2D eigenvalue weighted by molar-refractivity contribution is -0.139. The third kappa shape index (κ3) is 5.91. The molecular formula is C18H11Br2FN2O4. The van der Waals surface area contributed by atoms with Gasteiger partial charge in [0.05, 0.1) is 8.95 Å². The predicted octanol–water partition coefficient (Wildman–Crippen LogP) is 4.36. The Balaban J connectivity index is 2.23. The molecule has 0 saturated carbocycles. The molecule has 0 aliphatic carbocycles. The Morgan fingerprint density at radius 1 is 1.22 bits per heavy atom. The van der Waals surface area contributed by atoms with Crippen molar-refractivity contribution >= 4 is 55.5 Å². The number of carboxylic acid groups (broad SMARTS) is 1. The largest absolute Gasteiger partial charge is 0.480 e. The first-order valence-corrected chi connectivity index (χ1v) is 8.91. The van der Waals surface area contributed by atoms with Crippen LogP contribution in [0.4, 0.5) is 10.1 Å². The van der Waals surface area contributed by atoms with Crippen molar-refractivity contribution < 1.29 is 23.8 Å². The van der Waals surface area contributed by atoms with Crippen LogP contribution in [0, 0.1) is 17.1 Å². The summed E-state index contributed by atoms with van der Waals surface area (Å²) in [7, 11) is 0. The van der Waals surface area contributed by atoms with Crippen molar-refractivity contribution in [1.29, 1.82) is 5.26 Å². The number of nitriles is 1. The highest BCUT2D eigenvalue weighted by Gasteiger charge is 2.13. The van der Waals surface area contributed by atoms with Crippen LogP contribution in [0.3, 0.4) is 0 Å². The smallest absolute Gasteiger partial charge is 0.341 e. The summed E-state index contributed by atoms with van der Waals surface area (Å²) in [5, 5.41) is 20.5. The molecule has 2 rings (SSSR count). The normalized spacial score (nSPS) is 10.8. The van der Waals surface area contributed by atoms with Crippen molar-refractivity contribution in [2.24, 2.45) is 0 Å². The van der Waals surface area contributed by atoms with Crippen molar-refractivity contribution in [2.45, 2.75) is 0 Å². The topological polar surface area (TPSA) is 99.4 Å². The third-order valence-corrected chi connectivity index (χ3v) is 4.32. The van der Waals surface area contributed by atoms with E-state index in [-0.39, 0.29) is 11.3 Å². The minimum atomic E-state index is -1.12. The molecule has 0 atom stereocenters. The molecule has 27 heavy (non-hydrogen) atoms. The fourth-order valence-electron chi connectivity index (χ4n) is 1.98. The first kappa shape index (κ1) is 20.6. The van der Waals surface area contributed by atoms with E-state index in [1.165, 1.54) is 30.3 Å². The molecular weight excluding hydrogens is 487 g/mol. The summed E-state index contributed by atoms with van der Waals surface area (Å²) in [6, 6.07) is 10.1. The molecule has 0 aromatic heterocycles. The summed E-state index contributed by atoms with van der Waals surface area (Å²) in [6.45, 7) is -0.518. The number of benzene rings is 2. The van der Waals surface area contributed by atoms with Gasteiger partial charge >= 0.3 is 5.97 Å². The number of nitrogens with zero attached hydrogens (tertiary/aromatic N) is 1. The number of hydrogen-bond donors (Lipinski definition) is 2. The van der Waals surface area contributed by atoms with E-state index in [1.54, 1.807) is 12.1 Å². The van der Waals surface area contributed by atoms with Crippen LogP contribution in [0.1, 0.15) is 5.56 Å². The van der Waals surface area contributed by atoms with Gasteiger partial charge < -0.3 is 15.2 Å². The van der Waals surface area contributed by atoms with Crippen LogP contribution >= 0.6 is 31.9 Å². The first-order chi connectivity index (χ1) is 12.8. The van der Waals surface area contributed by atoms with Crippen LogP contribution < -0.4 is 10.1 Å². The number of aliphatic carboxylic acids is 1. The molecule has 1 amide bonds. The average molecular weight is 498 g/mol. The molecule has 0 aliphatic heterocycles. The van der Waals surface area contributed by atoms with E-state index in [0.717, 1.165) is 0 Å². The van der Waals surface area contributed by atoms with E-state index >= 15 is 0 Å². The Hall–Kier alpha value is -2.70. The summed E-state index contributed by atoms with van der Waals surface area (Å²) in [6.07, 6.45) is 1.36. The molecule has 9 heteroatoms. The molecule has 0 aliphatic rings. The number of hydrogen-bond acceptors (Lipinski definition) is 4.